The minimum Gasteiger partial charge on any atom is -0.497 e. The van der Waals surface area contributed by atoms with Crippen molar-refractivity contribution in [1.29, 1.82) is 0 Å². The highest BCUT2D eigenvalue weighted by Crippen LogP contribution is 2.47. The molecule has 2 aliphatic heterocycles. The first-order chi connectivity index (χ1) is 19.3. The fourth-order valence-corrected chi connectivity index (χ4v) is 5.39. The number of benzene rings is 2. The van der Waals surface area contributed by atoms with E-state index in [4.69, 9.17) is 18.9 Å². The lowest BCUT2D eigenvalue weighted by Gasteiger charge is -2.50. The third-order valence-corrected chi connectivity index (χ3v) is 7.33. The molecule has 0 saturated carbocycles. The number of esters is 2. The highest BCUT2D eigenvalue weighted by molar-refractivity contribution is 8.04. The highest BCUT2D eigenvalue weighted by Gasteiger charge is 2.55. The van der Waals surface area contributed by atoms with Gasteiger partial charge in [-0.2, -0.15) is 0 Å². The minimum absolute atomic E-state index is 0.0588. The van der Waals surface area contributed by atoms with Gasteiger partial charge in [-0.3, -0.25) is 24.1 Å². The van der Waals surface area contributed by atoms with Crippen LogP contribution in [-0.4, -0.2) is 60.3 Å². The zero-order chi connectivity index (χ0) is 28.6. The van der Waals surface area contributed by atoms with Crippen molar-refractivity contribution in [2.24, 2.45) is 0 Å². The van der Waals surface area contributed by atoms with Crippen LogP contribution in [0, 0.1) is 0 Å². The van der Waals surface area contributed by atoms with Crippen molar-refractivity contribution in [3.8, 4) is 5.75 Å². The van der Waals surface area contributed by atoms with E-state index in [9.17, 15) is 24.0 Å². The zero-order valence-corrected chi connectivity index (χ0v) is 22.5. The minimum atomic E-state index is -0.958. The smallest absolute Gasteiger partial charge is 0.355 e. The van der Waals surface area contributed by atoms with Crippen molar-refractivity contribution in [3.63, 3.8) is 0 Å². The Labute approximate surface area is 234 Å². The molecule has 2 heterocycles. The van der Waals surface area contributed by atoms with Gasteiger partial charge in [0, 0.05) is 12.5 Å². The Hall–Kier alpha value is -4.58. The van der Waals surface area contributed by atoms with Gasteiger partial charge in [0.2, 0.25) is 5.91 Å². The number of methoxy groups -OCH3 is 1. The van der Waals surface area contributed by atoms with E-state index < -0.39 is 29.3 Å². The number of β-lactam (4-membered cyclic amide) rings is 1. The highest BCUT2D eigenvalue weighted by atomic mass is 32.2. The van der Waals surface area contributed by atoms with Crippen LogP contribution < -0.4 is 10.1 Å². The van der Waals surface area contributed by atoms with Gasteiger partial charge in [-0.15, -0.1) is 0 Å². The molecule has 0 spiro atoms. The molecular weight excluding hydrogens is 540 g/mol. The van der Waals surface area contributed by atoms with Gasteiger partial charge in [0.15, 0.2) is 0 Å². The lowest BCUT2D eigenvalue weighted by Crippen LogP contribution is -2.70. The van der Waals surface area contributed by atoms with E-state index in [-0.39, 0.29) is 48.2 Å². The summed E-state index contributed by atoms with van der Waals surface area (Å²) in [6.45, 7) is 0.883. The summed E-state index contributed by atoms with van der Waals surface area (Å²) in [5.74, 6) is -1.77. The van der Waals surface area contributed by atoms with Crippen LogP contribution in [0.2, 0.25) is 0 Å². The molecule has 2 atom stereocenters. The maximum absolute atomic E-state index is 13.4. The topological polar surface area (TPSA) is 138 Å². The Kier molecular flexibility index (Phi) is 9.23. The first kappa shape index (κ1) is 28.4. The monoisotopic (exact) mass is 566 g/mol. The lowest BCUT2D eigenvalue weighted by atomic mass is 10.0. The molecule has 2 aliphatic rings. The van der Waals surface area contributed by atoms with Gasteiger partial charge >= 0.3 is 11.9 Å². The molecule has 0 aliphatic carbocycles. The molecule has 2 amide bonds. The van der Waals surface area contributed by atoms with Crippen molar-refractivity contribution in [1.82, 2.24) is 10.2 Å². The second-order valence-electron chi connectivity index (χ2n) is 8.67. The number of carbonyl (C=O) groups is 5. The van der Waals surface area contributed by atoms with Crippen LogP contribution in [0.4, 0.5) is 0 Å². The fourth-order valence-electron chi connectivity index (χ4n) is 4.09. The number of hydrogen-bond donors (Lipinski definition) is 1. The van der Waals surface area contributed by atoms with Gasteiger partial charge in [0.25, 0.3) is 12.4 Å². The summed E-state index contributed by atoms with van der Waals surface area (Å²) in [5.41, 5.74) is 1.39. The number of rotatable bonds is 11. The molecule has 0 radical (unpaired) electrons. The average Bonchev–Trinajstić information content (AvgIpc) is 2.96. The number of hydrogen-bond acceptors (Lipinski definition) is 10. The fraction of sp³-hybridized carbons (Fsp3) is 0.250. The quantitative estimate of drug-likeness (QED) is 0.142. The summed E-state index contributed by atoms with van der Waals surface area (Å²) in [7, 11) is 1.53. The van der Waals surface area contributed by atoms with Crippen molar-refractivity contribution in [2.75, 3.05) is 13.7 Å². The second-order valence-corrected chi connectivity index (χ2v) is 9.83. The molecule has 40 heavy (non-hydrogen) atoms. The Bertz CT molecular complexity index is 1360. The average molecular weight is 567 g/mol. The number of carbonyl (C=O) groups excluding carboxylic acids is 5. The maximum atomic E-state index is 13.4. The molecule has 2 aromatic rings. The molecule has 1 saturated heterocycles. The SMILES string of the molecule is COc1ccc(COC(=O)C2=C(COC(C)=O)C(=COC=O)S[C@H]3C(NC(=O)Cc4ccccc4)C(=O)N23)cc1. The number of amides is 2. The van der Waals surface area contributed by atoms with Gasteiger partial charge in [0.05, 0.1) is 18.4 Å². The van der Waals surface area contributed by atoms with Crippen LogP contribution in [0.1, 0.15) is 18.1 Å². The van der Waals surface area contributed by atoms with Crippen LogP contribution in [0.5, 0.6) is 5.75 Å². The van der Waals surface area contributed by atoms with Crippen molar-refractivity contribution in [2.45, 2.75) is 31.4 Å². The predicted octanol–water partition coefficient (Wildman–Crippen LogP) is 2.21. The van der Waals surface area contributed by atoms with Gasteiger partial charge in [-0.1, -0.05) is 54.2 Å². The Balaban J connectivity index is 1.60. The number of ether oxygens (including phenoxy) is 4. The molecule has 1 unspecified atom stereocenters. The second kappa shape index (κ2) is 13.0. The largest absolute Gasteiger partial charge is 0.497 e. The molecule has 0 aromatic heterocycles. The Morgan fingerprint density at radius 1 is 1.00 bits per heavy atom. The van der Waals surface area contributed by atoms with E-state index in [0.29, 0.717) is 11.3 Å². The van der Waals surface area contributed by atoms with Gasteiger partial charge < -0.3 is 24.3 Å². The Morgan fingerprint density at radius 2 is 1.73 bits per heavy atom. The van der Waals surface area contributed by atoms with Crippen molar-refractivity contribution < 1.29 is 42.9 Å². The molecule has 12 heteroatoms. The van der Waals surface area contributed by atoms with Crippen LogP contribution in [0.15, 0.2) is 77.0 Å². The van der Waals surface area contributed by atoms with Crippen molar-refractivity contribution in [3.05, 3.63) is 88.2 Å². The molecule has 0 bridgehead atoms. The first-order valence-corrected chi connectivity index (χ1v) is 13.0. The molecule has 1 N–H and O–H groups in total. The lowest BCUT2D eigenvalue weighted by molar-refractivity contribution is -0.153. The molecule has 1 fully saturated rings. The van der Waals surface area contributed by atoms with Crippen molar-refractivity contribution >= 4 is 42.0 Å². The van der Waals surface area contributed by atoms with E-state index in [0.717, 1.165) is 23.6 Å². The molecule has 4 rings (SSSR count). The van der Waals surface area contributed by atoms with Gasteiger partial charge in [0.1, 0.15) is 42.3 Å². The summed E-state index contributed by atoms with van der Waals surface area (Å²) < 4.78 is 20.6. The van der Waals surface area contributed by atoms with E-state index in [2.05, 4.69) is 5.32 Å². The van der Waals surface area contributed by atoms with Crippen LogP contribution in [0.25, 0.3) is 0 Å². The van der Waals surface area contributed by atoms with Crippen LogP contribution in [0.3, 0.4) is 0 Å². The number of nitrogens with zero attached hydrogens (tertiary/aromatic N) is 1. The number of nitrogens with one attached hydrogen (secondary N) is 1. The number of fused-ring (bicyclic) bond motifs is 1. The van der Waals surface area contributed by atoms with E-state index >= 15 is 0 Å². The van der Waals surface area contributed by atoms with Crippen LogP contribution in [-0.2, 0) is 51.2 Å². The van der Waals surface area contributed by atoms with Gasteiger partial charge in [-0.25, -0.2) is 4.79 Å². The molecule has 11 nitrogen and oxygen atoms in total. The predicted molar refractivity (Wildman–Crippen MR) is 142 cm³/mol. The summed E-state index contributed by atoms with van der Waals surface area (Å²) in [5, 5.41) is 1.99. The standard InChI is InChI=1S/C28H26N2O9S/c1-17(32)38-14-21-22(15-37-16-31)40-27-24(29-23(33)12-18-6-4-3-5-7-18)26(34)30(27)25(21)28(35)39-13-19-8-10-20(36-2)11-9-19/h3-11,15-16,24,27H,12-14H2,1-2H3,(H,29,33)/t24?,27-/m0/s1. The van der Waals surface area contributed by atoms with Crippen LogP contribution >= 0.6 is 11.8 Å². The summed E-state index contributed by atoms with van der Waals surface area (Å²) >= 11 is 1.08. The molecular formula is C28H26N2O9S. The third-order valence-electron chi connectivity index (χ3n) is 6.01. The summed E-state index contributed by atoms with van der Waals surface area (Å²) in [6.07, 6.45) is 1.15. The first-order valence-electron chi connectivity index (χ1n) is 12.1. The normalized spacial score (nSPS) is 18.8. The summed E-state index contributed by atoms with van der Waals surface area (Å²) in [6, 6.07) is 14.9. The molecule has 2 aromatic carbocycles. The van der Waals surface area contributed by atoms with E-state index in [1.54, 1.807) is 48.5 Å². The third kappa shape index (κ3) is 6.52. The zero-order valence-electron chi connectivity index (χ0n) is 21.7. The van der Waals surface area contributed by atoms with E-state index in [1.165, 1.54) is 18.9 Å². The number of thioether (sulfide) groups is 1. The summed E-state index contributed by atoms with van der Waals surface area (Å²) in [4.78, 5) is 63.4. The Morgan fingerprint density at radius 3 is 2.38 bits per heavy atom. The van der Waals surface area contributed by atoms with Gasteiger partial charge in [-0.05, 0) is 23.3 Å². The maximum Gasteiger partial charge on any atom is 0.355 e. The van der Waals surface area contributed by atoms with E-state index in [1.807, 2.05) is 6.07 Å². The molecule has 208 valence electrons.